The molecule has 2 aliphatic rings. The monoisotopic (exact) mass is 545 g/mol. The first-order valence-electron chi connectivity index (χ1n) is 14.3. The number of aromatic amines is 1. The summed E-state index contributed by atoms with van der Waals surface area (Å²) in [6, 6.07) is 9.70. The lowest BCUT2D eigenvalue weighted by atomic mass is 10.0. The lowest BCUT2D eigenvalue weighted by Gasteiger charge is -2.41. The molecule has 2 fully saturated rings. The molecule has 0 atom stereocenters. The lowest BCUT2D eigenvalue weighted by molar-refractivity contribution is 0.0115. The van der Waals surface area contributed by atoms with Crippen molar-refractivity contribution in [2.24, 2.45) is 0 Å². The Morgan fingerprint density at radius 1 is 1.07 bits per heavy atom. The van der Waals surface area contributed by atoms with E-state index in [4.69, 9.17) is 9.47 Å². The van der Waals surface area contributed by atoms with Gasteiger partial charge < -0.3 is 23.9 Å². The van der Waals surface area contributed by atoms with Crippen LogP contribution in [0.1, 0.15) is 52.1 Å². The van der Waals surface area contributed by atoms with E-state index in [2.05, 4.69) is 20.9 Å². The van der Waals surface area contributed by atoms with Crippen LogP contribution in [-0.4, -0.2) is 66.0 Å². The van der Waals surface area contributed by atoms with Crippen LogP contribution in [0.25, 0.3) is 32.8 Å². The van der Waals surface area contributed by atoms with Crippen LogP contribution in [0.2, 0.25) is 0 Å². The number of rotatable bonds is 5. The highest BCUT2D eigenvalue weighted by Crippen LogP contribution is 2.40. The van der Waals surface area contributed by atoms with Gasteiger partial charge in [-0.25, -0.2) is 4.39 Å². The molecule has 0 bridgehead atoms. The van der Waals surface area contributed by atoms with Crippen molar-refractivity contribution in [1.82, 2.24) is 14.5 Å². The number of benzene rings is 2. The Hall–Kier alpha value is -3.61. The van der Waals surface area contributed by atoms with E-state index in [-0.39, 0.29) is 28.7 Å². The van der Waals surface area contributed by atoms with E-state index in [0.717, 1.165) is 52.2 Å². The molecule has 1 N–H and O–H groups in total. The maximum atomic E-state index is 16.6. The molecule has 0 radical (unpaired) electrons. The Morgan fingerprint density at radius 2 is 1.80 bits per heavy atom. The normalized spacial score (nSPS) is 17.5. The van der Waals surface area contributed by atoms with E-state index in [1.54, 1.807) is 18.2 Å². The topological polar surface area (TPSA) is 86.5 Å². The summed E-state index contributed by atoms with van der Waals surface area (Å²) in [6.07, 6.45) is 1.69. The first-order valence-corrected chi connectivity index (χ1v) is 14.3. The fraction of sp³-hybridized carbons (Fsp3) is 0.484. The average Bonchev–Trinajstić information content (AvgIpc) is 3.33. The summed E-state index contributed by atoms with van der Waals surface area (Å²) in [5.41, 5.74) is 2.66. The van der Waals surface area contributed by atoms with E-state index in [9.17, 15) is 10.1 Å². The SMILES string of the molecule is CC(C)Oc1c(N2CCC(N3CCOCC3)CC2)cc2c(c1F)c(=O)c1c3ccc(C#N)cc3[nH]c1n2C(C)C. The number of morpholine rings is 1. The van der Waals surface area contributed by atoms with Crippen LogP contribution in [0.3, 0.4) is 0 Å². The van der Waals surface area contributed by atoms with Gasteiger partial charge in [-0.1, -0.05) is 6.07 Å². The highest BCUT2D eigenvalue weighted by atomic mass is 19.1. The Bertz CT molecular complexity index is 1690. The van der Waals surface area contributed by atoms with E-state index < -0.39 is 5.82 Å². The fourth-order valence-corrected chi connectivity index (χ4v) is 6.45. The van der Waals surface area contributed by atoms with Gasteiger partial charge in [0, 0.05) is 49.2 Å². The third-order valence-corrected chi connectivity index (χ3v) is 8.28. The number of piperidine rings is 1. The summed E-state index contributed by atoms with van der Waals surface area (Å²) >= 11 is 0. The van der Waals surface area contributed by atoms with Crippen molar-refractivity contribution >= 4 is 38.5 Å². The zero-order valence-corrected chi connectivity index (χ0v) is 23.6. The molecule has 6 rings (SSSR count). The maximum Gasteiger partial charge on any atom is 0.202 e. The molecule has 2 aromatic heterocycles. The number of hydrogen-bond donors (Lipinski definition) is 1. The van der Waals surface area contributed by atoms with Gasteiger partial charge in [0.15, 0.2) is 11.6 Å². The number of nitrogens with zero attached hydrogens (tertiary/aromatic N) is 4. The van der Waals surface area contributed by atoms with E-state index >= 15 is 4.39 Å². The van der Waals surface area contributed by atoms with Crippen LogP contribution in [0.4, 0.5) is 10.1 Å². The maximum absolute atomic E-state index is 16.6. The summed E-state index contributed by atoms with van der Waals surface area (Å²) in [6.45, 7) is 12.8. The van der Waals surface area contributed by atoms with Gasteiger partial charge in [-0.05, 0) is 58.7 Å². The first kappa shape index (κ1) is 26.6. The van der Waals surface area contributed by atoms with Gasteiger partial charge in [-0.15, -0.1) is 0 Å². The molecule has 2 aromatic carbocycles. The molecule has 4 heterocycles. The number of nitriles is 1. The van der Waals surface area contributed by atoms with Crippen molar-refractivity contribution in [2.75, 3.05) is 44.3 Å². The Kier molecular flexibility index (Phi) is 6.93. The molecule has 2 aliphatic heterocycles. The first-order chi connectivity index (χ1) is 19.3. The van der Waals surface area contributed by atoms with Gasteiger partial charge in [0.1, 0.15) is 5.65 Å². The molecule has 8 nitrogen and oxygen atoms in total. The number of H-pyrrole nitrogens is 1. The van der Waals surface area contributed by atoms with E-state index in [1.807, 2.05) is 38.3 Å². The Morgan fingerprint density at radius 3 is 2.45 bits per heavy atom. The van der Waals surface area contributed by atoms with E-state index in [1.165, 1.54) is 0 Å². The van der Waals surface area contributed by atoms with Gasteiger partial charge in [0.05, 0.1) is 52.9 Å². The second-order valence-corrected chi connectivity index (χ2v) is 11.5. The summed E-state index contributed by atoms with van der Waals surface area (Å²) in [4.78, 5) is 22.1. The number of ether oxygens (including phenoxy) is 2. The van der Waals surface area contributed by atoms with Crippen LogP contribution in [0.5, 0.6) is 5.75 Å². The second-order valence-electron chi connectivity index (χ2n) is 11.5. The molecule has 2 saturated heterocycles. The summed E-state index contributed by atoms with van der Waals surface area (Å²) < 4.78 is 30.3. The zero-order chi connectivity index (χ0) is 28.1. The number of aromatic nitrogens is 2. The third kappa shape index (κ3) is 4.40. The summed E-state index contributed by atoms with van der Waals surface area (Å²) in [7, 11) is 0. The van der Waals surface area contributed by atoms with Crippen molar-refractivity contribution < 1.29 is 13.9 Å². The Balaban J connectivity index is 1.54. The number of pyridine rings is 1. The largest absolute Gasteiger partial charge is 0.486 e. The predicted octanol–water partition coefficient (Wildman–Crippen LogP) is 5.32. The van der Waals surface area contributed by atoms with E-state index in [0.29, 0.717) is 44.7 Å². The van der Waals surface area contributed by atoms with Crippen molar-refractivity contribution in [3.63, 3.8) is 0 Å². The van der Waals surface area contributed by atoms with Crippen molar-refractivity contribution in [1.29, 1.82) is 5.26 Å². The standard InChI is InChI=1S/C31H36FN5O3/c1-18(2)37-24-16-25(36-9-7-21(8-10-36)35-11-13-39-14-12-35)30(40-19(3)4)28(32)27(24)29(38)26-22-6-5-20(17-33)15-23(22)34-31(26)37/h5-6,15-16,18-19,21,34H,7-14H2,1-4H3. The van der Waals surface area contributed by atoms with Crippen LogP contribution < -0.4 is 15.1 Å². The smallest absolute Gasteiger partial charge is 0.202 e. The quantitative estimate of drug-likeness (QED) is 0.366. The van der Waals surface area contributed by atoms with Gasteiger partial charge in [-0.2, -0.15) is 5.26 Å². The number of nitrogens with one attached hydrogen (secondary N) is 1. The van der Waals surface area contributed by atoms with Crippen LogP contribution in [-0.2, 0) is 4.74 Å². The lowest BCUT2D eigenvalue weighted by Crippen LogP contribution is -2.49. The number of fused-ring (bicyclic) bond motifs is 4. The molecule has 0 saturated carbocycles. The summed E-state index contributed by atoms with van der Waals surface area (Å²) in [5.74, 6) is -0.466. The number of halogens is 1. The van der Waals surface area contributed by atoms with Gasteiger partial charge in [0.25, 0.3) is 0 Å². The van der Waals surface area contributed by atoms with Crippen molar-refractivity contribution in [3.05, 3.63) is 45.9 Å². The molecule has 9 heteroatoms. The van der Waals surface area contributed by atoms with Gasteiger partial charge >= 0.3 is 0 Å². The molecular weight excluding hydrogens is 509 g/mol. The highest BCUT2D eigenvalue weighted by Gasteiger charge is 2.31. The molecule has 0 aliphatic carbocycles. The van der Waals surface area contributed by atoms with Gasteiger partial charge in [-0.3, -0.25) is 9.69 Å². The zero-order valence-electron chi connectivity index (χ0n) is 23.6. The second kappa shape index (κ2) is 10.4. The van der Waals surface area contributed by atoms with Crippen molar-refractivity contribution in [2.45, 2.75) is 58.7 Å². The fourth-order valence-electron chi connectivity index (χ4n) is 6.45. The van der Waals surface area contributed by atoms with Crippen LogP contribution in [0.15, 0.2) is 29.1 Å². The summed E-state index contributed by atoms with van der Waals surface area (Å²) in [5, 5.41) is 10.5. The molecule has 4 aromatic rings. The molecular formula is C31H36FN5O3. The Labute approximate surface area is 232 Å². The highest BCUT2D eigenvalue weighted by molar-refractivity contribution is 6.10. The predicted molar refractivity (Wildman–Crippen MR) is 156 cm³/mol. The minimum atomic E-state index is -0.610. The molecule has 0 spiro atoms. The average molecular weight is 546 g/mol. The minimum Gasteiger partial charge on any atom is -0.486 e. The van der Waals surface area contributed by atoms with Crippen molar-refractivity contribution in [3.8, 4) is 11.8 Å². The number of anilines is 1. The molecule has 210 valence electrons. The van der Waals surface area contributed by atoms with Crippen LogP contribution >= 0.6 is 0 Å². The molecule has 0 amide bonds. The third-order valence-electron chi connectivity index (χ3n) is 8.28. The molecule has 40 heavy (non-hydrogen) atoms. The number of hydrogen-bond acceptors (Lipinski definition) is 6. The molecule has 0 unspecified atom stereocenters. The minimum absolute atomic E-state index is 0.0362. The van der Waals surface area contributed by atoms with Crippen LogP contribution in [0, 0.1) is 17.1 Å². The van der Waals surface area contributed by atoms with Gasteiger partial charge in [0.2, 0.25) is 5.43 Å².